The van der Waals surface area contributed by atoms with E-state index < -0.39 is 0 Å². The van der Waals surface area contributed by atoms with Crippen molar-refractivity contribution in [2.45, 2.75) is 39.2 Å². The summed E-state index contributed by atoms with van der Waals surface area (Å²) in [5.74, 6) is 0.839. The summed E-state index contributed by atoms with van der Waals surface area (Å²) in [5, 5.41) is 0. The van der Waals surface area contributed by atoms with E-state index in [0.29, 0.717) is 6.42 Å². The zero-order chi connectivity index (χ0) is 13.7. The Morgan fingerprint density at radius 1 is 1.32 bits per heavy atom. The van der Waals surface area contributed by atoms with Gasteiger partial charge in [-0.2, -0.15) is 0 Å². The van der Waals surface area contributed by atoms with E-state index in [1.54, 1.807) is 6.20 Å². The molecule has 0 aliphatic carbocycles. The van der Waals surface area contributed by atoms with Gasteiger partial charge in [-0.1, -0.05) is 13.0 Å². The van der Waals surface area contributed by atoms with E-state index in [1.807, 2.05) is 31.3 Å². The number of hydrogen-bond donors (Lipinski definition) is 1. The van der Waals surface area contributed by atoms with Crippen LogP contribution in [0.3, 0.4) is 0 Å². The summed E-state index contributed by atoms with van der Waals surface area (Å²) in [4.78, 5) is 13.2. The Balaban J connectivity index is 2.17. The minimum Gasteiger partial charge on any atom is -0.327 e. The first-order valence-electron chi connectivity index (χ1n) is 6.65. The van der Waals surface area contributed by atoms with Crippen molar-refractivity contribution in [3.05, 3.63) is 53.4 Å². The Kier molecular flexibility index (Phi) is 4.58. The molecule has 0 saturated carbocycles. The monoisotopic (exact) mass is 256 g/mol. The summed E-state index contributed by atoms with van der Waals surface area (Å²) in [6.45, 7) is 4.09. The lowest BCUT2D eigenvalue weighted by Crippen LogP contribution is -2.22. The minimum absolute atomic E-state index is 0.167. The standard InChI is InChI=1S/C15H20N4/c1-3-13(16)9-14-7-11(2)18-15(19-14)8-12-5-4-6-17-10-12/h4-7,10,13H,3,8-9,16H2,1-2H3. The average Bonchev–Trinajstić information content (AvgIpc) is 2.39. The van der Waals surface area contributed by atoms with Crippen LogP contribution in [0.5, 0.6) is 0 Å². The van der Waals surface area contributed by atoms with E-state index in [2.05, 4.69) is 21.9 Å². The highest BCUT2D eigenvalue weighted by Gasteiger charge is 2.07. The molecule has 1 atom stereocenters. The molecule has 0 bridgehead atoms. The minimum atomic E-state index is 0.167. The van der Waals surface area contributed by atoms with Gasteiger partial charge in [0.25, 0.3) is 0 Å². The molecule has 0 radical (unpaired) electrons. The summed E-state index contributed by atoms with van der Waals surface area (Å²) in [7, 11) is 0. The lowest BCUT2D eigenvalue weighted by Gasteiger charge is -2.10. The number of nitrogens with zero attached hydrogens (tertiary/aromatic N) is 3. The number of pyridine rings is 1. The van der Waals surface area contributed by atoms with Gasteiger partial charge in [0.05, 0.1) is 0 Å². The summed E-state index contributed by atoms with van der Waals surface area (Å²) >= 11 is 0. The Labute approximate surface area is 114 Å². The van der Waals surface area contributed by atoms with Crippen LogP contribution in [0.4, 0.5) is 0 Å². The van der Waals surface area contributed by atoms with Crippen LogP contribution >= 0.6 is 0 Å². The second-order valence-electron chi connectivity index (χ2n) is 4.83. The van der Waals surface area contributed by atoms with Crippen molar-refractivity contribution < 1.29 is 0 Å². The number of rotatable bonds is 5. The molecule has 0 aromatic carbocycles. The van der Waals surface area contributed by atoms with Gasteiger partial charge >= 0.3 is 0 Å². The zero-order valence-electron chi connectivity index (χ0n) is 11.5. The highest BCUT2D eigenvalue weighted by atomic mass is 14.9. The molecule has 4 heteroatoms. The highest BCUT2D eigenvalue weighted by molar-refractivity contribution is 5.18. The smallest absolute Gasteiger partial charge is 0.133 e. The van der Waals surface area contributed by atoms with Gasteiger partial charge in [0.1, 0.15) is 5.82 Å². The van der Waals surface area contributed by atoms with Crippen molar-refractivity contribution in [1.82, 2.24) is 15.0 Å². The molecule has 0 amide bonds. The molecular formula is C15H20N4. The lowest BCUT2D eigenvalue weighted by atomic mass is 10.1. The van der Waals surface area contributed by atoms with Crippen LogP contribution in [0.25, 0.3) is 0 Å². The van der Waals surface area contributed by atoms with Gasteiger partial charge in [-0.25, -0.2) is 9.97 Å². The second-order valence-corrected chi connectivity index (χ2v) is 4.83. The highest BCUT2D eigenvalue weighted by Crippen LogP contribution is 2.08. The van der Waals surface area contributed by atoms with Crippen molar-refractivity contribution >= 4 is 0 Å². The first kappa shape index (κ1) is 13.6. The molecule has 2 rings (SSSR count). The third-order valence-corrected chi connectivity index (χ3v) is 3.03. The summed E-state index contributed by atoms with van der Waals surface area (Å²) < 4.78 is 0. The lowest BCUT2D eigenvalue weighted by molar-refractivity contribution is 0.632. The first-order valence-corrected chi connectivity index (χ1v) is 6.65. The maximum absolute atomic E-state index is 5.99. The molecular weight excluding hydrogens is 236 g/mol. The van der Waals surface area contributed by atoms with E-state index in [-0.39, 0.29) is 6.04 Å². The third kappa shape index (κ3) is 4.10. The van der Waals surface area contributed by atoms with Crippen molar-refractivity contribution in [2.24, 2.45) is 5.73 Å². The molecule has 0 aliphatic heterocycles. The van der Waals surface area contributed by atoms with E-state index in [1.165, 1.54) is 0 Å². The van der Waals surface area contributed by atoms with Gasteiger partial charge in [-0.15, -0.1) is 0 Å². The summed E-state index contributed by atoms with van der Waals surface area (Å²) in [5.41, 5.74) is 9.13. The molecule has 19 heavy (non-hydrogen) atoms. The van der Waals surface area contributed by atoms with Crippen LogP contribution in [0.1, 0.15) is 36.1 Å². The fourth-order valence-corrected chi connectivity index (χ4v) is 1.98. The molecule has 1 unspecified atom stereocenters. The zero-order valence-corrected chi connectivity index (χ0v) is 11.5. The quantitative estimate of drug-likeness (QED) is 0.889. The summed E-state index contributed by atoms with van der Waals surface area (Å²) in [6.07, 6.45) is 6.10. The van der Waals surface area contributed by atoms with Gasteiger partial charge in [0, 0.05) is 42.7 Å². The SMILES string of the molecule is CCC(N)Cc1cc(C)nc(Cc2cccnc2)n1. The second kappa shape index (κ2) is 6.38. The Morgan fingerprint density at radius 3 is 2.84 bits per heavy atom. The number of aryl methyl sites for hydroxylation is 1. The number of hydrogen-bond acceptors (Lipinski definition) is 4. The van der Waals surface area contributed by atoms with Crippen LogP contribution in [0, 0.1) is 6.92 Å². The van der Waals surface area contributed by atoms with Gasteiger partial charge in [0.15, 0.2) is 0 Å². The third-order valence-electron chi connectivity index (χ3n) is 3.03. The van der Waals surface area contributed by atoms with E-state index in [0.717, 1.165) is 35.6 Å². The molecule has 0 saturated heterocycles. The van der Waals surface area contributed by atoms with Crippen LogP contribution in [0.15, 0.2) is 30.6 Å². The molecule has 2 aromatic rings. The fraction of sp³-hybridized carbons (Fsp3) is 0.400. The Hall–Kier alpha value is -1.81. The van der Waals surface area contributed by atoms with Crippen molar-refractivity contribution in [3.63, 3.8) is 0 Å². The van der Waals surface area contributed by atoms with Crippen LogP contribution in [-0.2, 0) is 12.8 Å². The van der Waals surface area contributed by atoms with Gasteiger partial charge in [-0.05, 0) is 31.0 Å². The molecule has 4 nitrogen and oxygen atoms in total. The molecule has 2 N–H and O–H groups in total. The summed E-state index contributed by atoms with van der Waals surface area (Å²) in [6, 6.07) is 6.15. The van der Waals surface area contributed by atoms with Gasteiger partial charge < -0.3 is 5.73 Å². The van der Waals surface area contributed by atoms with Crippen LogP contribution in [-0.4, -0.2) is 21.0 Å². The Morgan fingerprint density at radius 2 is 2.16 bits per heavy atom. The predicted octanol–water partition coefficient (Wildman–Crippen LogP) is 2.05. The van der Waals surface area contributed by atoms with Crippen molar-refractivity contribution in [3.8, 4) is 0 Å². The fourth-order valence-electron chi connectivity index (χ4n) is 1.98. The largest absolute Gasteiger partial charge is 0.327 e. The maximum atomic E-state index is 5.99. The van der Waals surface area contributed by atoms with Gasteiger partial charge in [0.2, 0.25) is 0 Å². The van der Waals surface area contributed by atoms with Crippen LogP contribution in [0.2, 0.25) is 0 Å². The molecule has 0 fully saturated rings. The normalized spacial score (nSPS) is 12.4. The number of nitrogens with two attached hydrogens (primary N) is 1. The molecule has 100 valence electrons. The molecule has 2 heterocycles. The predicted molar refractivity (Wildman–Crippen MR) is 75.8 cm³/mol. The van der Waals surface area contributed by atoms with E-state index in [9.17, 15) is 0 Å². The topological polar surface area (TPSA) is 64.7 Å². The van der Waals surface area contributed by atoms with E-state index in [4.69, 9.17) is 5.73 Å². The molecule has 0 aliphatic rings. The first-order chi connectivity index (χ1) is 9.17. The average molecular weight is 256 g/mol. The van der Waals surface area contributed by atoms with E-state index >= 15 is 0 Å². The van der Waals surface area contributed by atoms with Crippen LogP contribution < -0.4 is 5.73 Å². The molecule has 0 spiro atoms. The van der Waals surface area contributed by atoms with Gasteiger partial charge in [-0.3, -0.25) is 4.98 Å². The van der Waals surface area contributed by atoms with Crippen molar-refractivity contribution in [2.75, 3.05) is 0 Å². The number of aromatic nitrogens is 3. The molecule has 2 aromatic heterocycles. The maximum Gasteiger partial charge on any atom is 0.133 e. The Bertz CT molecular complexity index is 525. The van der Waals surface area contributed by atoms with Crippen molar-refractivity contribution in [1.29, 1.82) is 0 Å².